The van der Waals surface area contributed by atoms with Crippen molar-refractivity contribution in [3.05, 3.63) is 24.2 Å². The van der Waals surface area contributed by atoms with Crippen LogP contribution in [-0.4, -0.2) is 6.29 Å². The Morgan fingerprint density at radius 1 is 1.56 bits per heavy atom. The van der Waals surface area contributed by atoms with E-state index in [0.717, 1.165) is 0 Å². The summed E-state index contributed by atoms with van der Waals surface area (Å²) in [5.74, 6) is 0.375. The van der Waals surface area contributed by atoms with Gasteiger partial charge < -0.3 is 16.8 Å². The van der Waals surface area contributed by atoms with E-state index in [-0.39, 0.29) is 42.0 Å². The molecule has 0 aliphatic rings. The third-order valence-corrected chi connectivity index (χ3v) is 0.659. The molecule has 0 amide bonds. The number of aldehydes is 1. The van der Waals surface area contributed by atoms with Gasteiger partial charge in [-0.3, -0.25) is 4.79 Å². The Hall–Kier alpha value is 0.240. The van der Waals surface area contributed by atoms with Crippen molar-refractivity contribution in [1.82, 2.24) is 0 Å². The molecule has 9 heavy (non-hydrogen) atoms. The summed E-state index contributed by atoms with van der Waals surface area (Å²) in [4.78, 5) is 9.77. The first kappa shape index (κ1) is 12.0. The average molecular weight is 155 g/mol. The zero-order chi connectivity index (χ0) is 5.11. The first-order valence-electron chi connectivity index (χ1n) is 1.92. The normalized spacial score (nSPS) is 6.67. The fourth-order valence-electron chi connectivity index (χ4n) is 0.358. The number of rotatable bonds is 1. The van der Waals surface area contributed by atoms with Crippen molar-refractivity contribution in [2.24, 2.45) is 0 Å². The number of furan rings is 1. The third-order valence-electron chi connectivity index (χ3n) is 0.659. The van der Waals surface area contributed by atoms with Crippen molar-refractivity contribution in [3.63, 3.8) is 0 Å². The van der Waals surface area contributed by atoms with Gasteiger partial charge >= 0.3 is 29.6 Å². The largest absolute Gasteiger partial charge is 1.00 e. The molecule has 0 bridgehead atoms. The van der Waals surface area contributed by atoms with E-state index in [1.54, 1.807) is 12.1 Å². The Morgan fingerprint density at radius 3 is 2.44 bits per heavy atom. The predicted octanol–water partition coefficient (Wildman–Crippen LogP) is -4.90. The molecule has 1 aromatic heterocycles. The van der Waals surface area contributed by atoms with Crippen molar-refractivity contribution in [1.29, 1.82) is 0 Å². The standard InChI is InChI=1S/C5H4O2.ClH.Na/c6-4-5-2-1-3-7-5;;/h1-4H;1H;/q;;+1/p-1. The van der Waals surface area contributed by atoms with Crippen molar-refractivity contribution >= 4 is 6.29 Å². The molecular weight excluding hydrogens is 150 g/mol. The SMILES string of the molecule is O=Cc1ccco1.[Cl-].[Na+]. The third kappa shape index (κ3) is 3.76. The molecule has 44 valence electrons. The number of carbonyl (C=O) groups excluding carboxylic acids is 1. The van der Waals surface area contributed by atoms with Gasteiger partial charge in [0.1, 0.15) is 0 Å². The topological polar surface area (TPSA) is 30.2 Å². The first-order chi connectivity index (χ1) is 3.43. The number of hydrogen-bond acceptors (Lipinski definition) is 2. The van der Waals surface area contributed by atoms with Crippen molar-refractivity contribution < 1.29 is 51.2 Å². The van der Waals surface area contributed by atoms with E-state index >= 15 is 0 Å². The van der Waals surface area contributed by atoms with Crippen LogP contribution in [0.4, 0.5) is 0 Å². The van der Waals surface area contributed by atoms with Gasteiger partial charge in [-0.15, -0.1) is 0 Å². The van der Waals surface area contributed by atoms with Crippen LogP contribution in [0.1, 0.15) is 10.6 Å². The molecule has 4 heteroatoms. The zero-order valence-electron chi connectivity index (χ0n) is 5.00. The van der Waals surface area contributed by atoms with Crippen LogP contribution in [0, 0.1) is 0 Å². The van der Waals surface area contributed by atoms with E-state index < -0.39 is 0 Å². The van der Waals surface area contributed by atoms with Gasteiger partial charge in [-0.1, -0.05) is 0 Å². The summed E-state index contributed by atoms with van der Waals surface area (Å²) >= 11 is 0. The minimum atomic E-state index is 0. The molecule has 1 rings (SSSR count). The second-order valence-corrected chi connectivity index (χ2v) is 1.13. The molecule has 0 radical (unpaired) electrons. The van der Waals surface area contributed by atoms with Gasteiger partial charge in [0.25, 0.3) is 0 Å². The van der Waals surface area contributed by atoms with Gasteiger partial charge in [0, 0.05) is 0 Å². The van der Waals surface area contributed by atoms with Gasteiger partial charge in [0.2, 0.25) is 0 Å². The molecule has 0 saturated carbocycles. The molecule has 0 spiro atoms. The van der Waals surface area contributed by atoms with Crippen LogP contribution in [0.3, 0.4) is 0 Å². The second-order valence-electron chi connectivity index (χ2n) is 1.13. The fourth-order valence-corrected chi connectivity index (χ4v) is 0.358. The second kappa shape index (κ2) is 6.36. The minimum absolute atomic E-state index is 0. The number of hydrogen-bond donors (Lipinski definition) is 0. The molecule has 0 atom stereocenters. The maximum atomic E-state index is 9.77. The van der Waals surface area contributed by atoms with Gasteiger partial charge in [-0.2, -0.15) is 0 Å². The monoisotopic (exact) mass is 154 g/mol. The molecule has 0 saturated heterocycles. The predicted molar refractivity (Wildman–Crippen MR) is 24.1 cm³/mol. The quantitative estimate of drug-likeness (QED) is 0.300. The van der Waals surface area contributed by atoms with Crippen molar-refractivity contribution in [2.45, 2.75) is 0 Å². The Bertz CT molecular complexity index is 150. The summed E-state index contributed by atoms with van der Waals surface area (Å²) in [6, 6.07) is 3.27. The molecule has 0 N–H and O–H groups in total. The molecule has 0 aromatic carbocycles. The summed E-state index contributed by atoms with van der Waals surface area (Å²) < 4.78 is 4.61. The van der Waals surface area contributed by atoms with E-state index in [4.69, 9.17) is 0 Å². The van der Waals surface area contributed by atoms with Crippen molar-refractivity contribution in [2.75, 3.05) is 0 Å². The van der Waals surface area contributed by atoms with Gasteiger partial charge in [-0.25, -0.2) is 0 Å². The zero-order valence-corrected chi connectivity index (χ0v) is 7.76. The van der Waals surface area contributed by atoms with Crippen molar-refractivity contribution in [3.8, 4) is 0 Å². The average Bonchev–Trinajstić information content (AvgIpc) is 2.14. The first-order valence-corrected chi connectivity index (χ1v) is 1.92. The van der Waals surface area contributed by atoms with Crippen LogP contribution in [0.15, 0.2) is 22.8 Å². The summed E-state index contributed by atoms with van der Waals surface area (Å²) in [6.07, 6.45) is 2.13. The smallest absolute Gasteiger partial charge is 1.00 e. The van der Waals surface area contributed by atoms with E-state index in [0.29, 0.717) is 12.0 Å². The molecule has 0 aliphatic carbocycles. The van der Waals surface area contributed by atoms with E-state index in [2.05, 4.69) is 4.42 Å². The number of carbonyl (C=O) groups is 1. The summed E-state index contributed by atoms with van der Waals surface area (Å²) in [5, 5.41) is 0. The number of halogens is 1. The maximum absolute atomic E-state index is 9.77. The maximum Gasteiger partial charge on any atom is 1.00 e. The van der Waals surface area contributed by atoms with Crippen LogP contribution in [0.5, 0.6) is 0 Å². The minimum Gasteiger partial charge on any atom is -1.00 e. The van der Waals surface area contributed by atoms with E-state index in [9.17, 15) is 4.79 Å². The Morgan fingerprint density at radius 2 is 2.22 bits per heavy atom. The molecule has 0 aliphatic heterocycles. The van der Waals surface area contributed by atoms with Gasteiger partial charge in [0.15, 0.2) is 12.0 Å². The molecule has 1 aromatic rings. The van der Waals surface area contributed by atoms with Crippen LogP contribution in [0.25, 0.3) is 0 Å². The Balaban J connectivity index is 0. The Labute approximate surface area is 81.3 Å². The summed E-state index contributed by atoms with van der Waals surface area (Å²) in [6.45, 7) is 0. The molecule has 2 nitrogen and oxygen atoms in total. The van der Waals surface area contributed by atoms with E-state index in [1.165, 1.54) is 6.26 Å². The van der Waals surface area contributed by atoms with Crippen LogP contribution in [-0.2, 0) is 0 Å². The molecule has 0 unspecified atom stereocenters. The van der Waals surface area contributed by atoms with E-state index in [1.807, 2.05) is 0 Å². The Kier molecular flexibility index (Phi) is 8.46. The van der Waals surface area contributed by atoms with Gasteiger partial charge in [-0.05, 0) is 12.1 Å². The molecule has 0 fully saturated rings. The molecular formula is C5H4ClNaO2. The summed E-state index contributed by atoms with van der Waals surface area (Å²) in [7, 11) is 0. The molecule has 1 heterocycles. The van der Waals surface area contributed by atoms with Crippen LogP contribution < -0.4 is 42.0 Å². The van der Waals surface area contributed by atoms with Gasteiger partial charge in [0.05, 0.1) is 6.26 Å². The summed E-state index contributed by atoms with van der Waals surface area (Å²) in [5.41, 5.74) is 0. The fraction of sp³-hybridized carbons (Fsp3) is 0. The van der Waals surface area contributed by atoms with Crippen LogP contribution >= 0.6 is 0 Å². The van der Waals surface area contributed by atoms with Crippen LogP contribution in [0.2, 0.25) is 0 Å².